The minimum Gasteiger partial charge on any atom is -0.392 e. The molecular formula is C23H29F4NO3. The number of amides is 1. The zero-order valence-electron chi connectivity index (χ0n) is 18.0. The molecule has 1 saturated heterocycles. The van der Waals surface area contributed by atoms with Crippen LogP contribution in [0.5, 0.6) is 0 Å². The third kappa shape index (κ3) is 4.64. The molecule has 8 heteroatoms. The first-order valence-electron chi connectivity index (χ1n) is 10.7. The van der Waals surface area contributed by atoms with Crippen molar-refractivity contribution in [1.29, 1.82) is 0 Å². The summed E-state index contributed by atoms with van der Waals surface area (Å²) in [6.07, 6.45) is -3.20. The molecule has 1 N–H and O–H groups in total. The largest absolute Gasteiger partial charge is 0.392 e. The summed E-state index contributed by atoms with van der Waals surface area (Å²) >= 11 is 0. The molecule has 1 amide bonds. The molecule has 1 aliphatic heterocycles. The third-order valence-electron chi connectivity index (χ3n) is 6.75. The fraction of sp³-hybridized carbons (Fsp3) is 0.652. The average molecular weight is 443 g/mol. The lowest BCUT2D eigenvalue weighted by molar-refractivity contribution is -0.181. The normalized spacial score (nSPS) is 25.5. The number of carbonyl (C=O) groups excluding carboxylic acids is 2. The van der Waals surface area contributed by atoms with E-state index in [4.69, 9.17) is 0 Å². The summed E-state index contributed by atoms with van der Waals surface area (Å²) in [7, 11) is 0. The number of aliphatic hydroxyl groups is 1. The van der Waals surface area contributed by atoms with Gasteiger partial charge in [0, 0.05) is 19.0 Å². The number of Topliss-reactive ketones (excluding diaryl/α,β-unsaturated/α-hetero) is 1. The van der Waals surface area contributed by atoms with Crippen LogP contribution in [0.25, 0.3) is 0 Å². The van der Waals surface area contributed by atoms with Crippen molar-refractivity contribution >= 4 is 11.7 Å². The van der Waals surface area contributed by atoms with E-state index in [2.05, 4.69) is 0 Å². The van der Waals surface area contributed by atoms with Crippen molar-refractivity contribution in [3.05, 3.63) is 34.4 Å². The summed E-state index contributed by atoms with van der Waals surface area (Å²) in [4.78, 5) is 25.6. The highest BCUT2D eigenvalue weighted by Crippen LogP contribution is 2.42. The Hall–Kier alpha value is -1.96. The molecule has 2 fully saturated rings. The van der Waals surface area contributed by atoms with Crippen molar-refractivity contribution in [2.45, 2.75) is 70.8 Å². The molecule has 1 heterocycles. The van der Waals surface area contributed by atoms with Gasteiger partial charge in [-0.15, -0.1) is 0 Å². The fourth-order valence-corrected chi connectivity index (χ4v) is 5.29. The van der Waals surface area contributed by atoms with E-state index in [-0.39, 0.29) is 30.7 Å². The summed E-state index contributed by atoms with van der Waals surface area (Å²) in [6, 6.07) is 4.00. The van der Waals surface area contributed by atoms with Gasteiger partial charge in [0.05, 0.1) is 12.0 Å². The number of carbonyl (C=O) groups is 2. The Balaban J connectivity index is 1.63. The molecule has 0 bridgehead atoms. The second-order valence-electron chi connectivity index (χ2n) is 9.09. The molecule has 3 unspecified atom stereocenters. The van der Waals surface area contributed by atoms with Crippen LogP contribution in [0.3, 0.4) is 0 Å². The quantitative estimate of drug-likeness (QED) is 0.695. The van der Waals surface area contributed by atoms with E-state index in [0.717, 1.165) is 27.2 Å². The Morgan fingerprint density at radius 3 is 2.23 bits per heavy atom. The first kappa shape index (κ1) is 23.7. The molecular weight excluding hydrogens is 414 g/mol. The van der Waals surface area contributed by atoms with E-state index in [0.29, 0.717) is 25.7 Å². The van der Waals surface area contributed by atoms with E-state index in [9.17, 15) is 32.3 Å². The molecule has 1 aliphatic carbocycles. The van der Waals surface area contributed by atoms with Crippen LogP contribution >= 0.6 is 0 Å². The average Bonchev–Trinajstić information content (AvgIpc) is 2.95. The van der Waals surface area contributed by atoms with Gasteiger partial charge in [0.2, 0.25) is 0 Å². The molecule has 2 aliphatic rings. The van der Waals surface area contributed by atoms with Crippen LogP contribution in [0.1, 0.15) is 53.9 Å². The van der Waals surface area contributed by atoms with Gasteiger partial charge >= 0.3 is 12.3 Å². The van der Waals surface area contributed by atoms with Crippen LogP contribution in [0, 0.1) is 32.6 Å². The second-order valence-corrected chi connectivity index (χ2v) is 9.09. The summed E-state index contributed by atoms with van der Waals surface area (Å²) in [5, 5.41) is 10.7. The number of piperidine rings is 1. The van der Waals surface area contributed by atoms with Gasteiger partial charge in [-0.2, -0.15) is 8.78 Å². The molecule has 172 valence electrons. The van der Waals surface area contributed by atoms with Gasteiger partial charge in [0.25, 0.3) is 5.91 Å². The lowest BCUT2D eigenvalue weighted by Crippen LogP contribution is -2.50. The van der Waals surface area contributed by atoms with Gasteiger partial charge in [-0.3, -0.25) is 9.59 Å². The summed E-state index contributed by atoms with van der Waals surface area (Å²) in [5.74, 6) is -7.41. The Bertz CT molecular complexity index is 826. The number of aryl methyl sites for hydroxylation is 3. The standard InChI is InChI=1S/C23H29F4NO3/c1-12-8-13(2)18(14(3)9-12)19-17(29)11-16(20(19)30)10-15-4-6-28(7-5-15)22(31)23(26,27)21(24)25/h8-9,15-17,19,21,29H,4-7,10-11H2,1-3H3. The van der Waals surface area contributed by atoms with Crippen LogP contribution < -0.4 is 0 Å². The SMILES string of the molecule is Cc1cc(C)c(C2C(=O)C(CC3CCN(C(=O)C(F)(F)C(F)F)CC3)CC2O)c(C)c1. The van der Waals surface area contributed by atoms with E-state index in [1.165, 1.54) is 0 Å². The maximum atomic E-state index is 13.3. The van der Waals surface area contributed by atoms with E-state index < -0.39 is 30.3 Å². The number of aliphatic hydroxyl groups excluding tert-OH is 1. The maximum absolute atomic E-state index is 13.3. The zero-order chi connectivity index (χ0) is 23.1. The lowest BCUT2D eigenvalue weighted by Gasteiger charge is -2.34. The topological polar surface area (TPSA) is 57.6 Å². The molecule has 1 aromatic carbocycles. The number of likely N-dealkylation sites (tertiary alicyclic amines) is 1. The van der Waals surface area contributed by atoms with Gasteiger partial charge in [0.15, 0.2) is 0 Å². The summed E-state index contributed by atoms with van der Waals surface area (Å²) in [6.45, 7) is 5.78. The van der Waals surface area contributed by atoms with Crippen molar-refractivity contribution in [1.82, 2.24) is 4.90 Å². The fourth-order valence-electron chi connectivity index (χ4n) is 5.29. The van der Waals surface area contributed by atoms with Gasteiger partial charge in [0.1, 0.15) is 5.78 Å². The number of halogens is 4. The Kier molecular flexibility index (Phi) is 6.79. The number of benzene rings is 1. The minimum atomic E-state index is -4.67. The molecule has 31 heavy (non-hydrogen) atoms. The van der Waals surface area contributed by atoms with Gasteiger partial charge < -0.3 is 10.0 Å². The first-order valence-corrected chi connectivity index (χ1v) is 10.7. The Labute approximate surface area is 179 Å². The minimum absolute atomic E-state index is 0.00899. The number of nitrogens with zero attached hydrogens (tertiary/aromatic N) is 1. The second kappa shape index (κ2) is 8.88. The first-order chi connectivity index (χ1) is 14.4. The molecule has 4 nitrogen and oxygen atoms in total. The smallest absolute Gasteiger partial charge is 0.383 e. The van der Waals surface area contributed by atoms with Crippen LogP contribution in [-0.4, -0.2) is 53.2 Å². The van der Waals surface area contributed by atoms with Crippen LogP contribution in [0.4, 0.5) is 17.6 Å². The molecule has 0 aromatic heterocycles. The number of alkyl halides is 4. The number of hydrogen-bond donors (Lipinski definition) is 1. The van der Waals surface area contributed by atoms with Gasteiger partial charge in [-0.05, 0) is 69.1 Å². The van der Waals surface area contributed by atoms with Gasteiger partial charge in [-0.25, -0.2) is 8.78 Å². The van der Waals surface area contributed by atoms with Crippen molar-refractivity contribution in [3.63, 3.8) is 0 Å². The highest BCUT2D eigenvalue weighted by Gasteiger charge is 2.51. The Morgan fingerprint density at radius 2 is 1.71 bits per heavy atom. The van der Waals surface area contributed by atoms with Crippen molar-refractivity contribution in [3.8, 4) is 0 Å². The van der Waals surface area contributed by atoms with Crippen LogP contribution in [0.15, 0.2) is 12.1 Å². The summed E-state index contributed by atoms with van der Waals surface area (Å²) in [5.41, 5.74) is 3.92. The van der Waals surface area contributed by atoms with E-state index in [1.807, 2.05) is 32.9 Å². The Morgan fingerprint density at radius 1 is 1.16 bits per heavy atom. The lowest BCUT2D eigenvalue weighted by atomic mass is 9.83. The number of hydrogen-bond acceptors (Lipinski definition) is 3. The zero-order valence-corrected chi connectivity index (χ0v) is 18.0. The van der Waals surface area contributed by atoms with E-state index in [1.54, 1.807) is 0 Å². The van der Waals surface area contributed by atoms with Crippen LogP contribution in [0.2, 0.25) is 0 Å². The number of rotatable bonds is 5. The van der Waals surface area contributed by atoms with E-state index >= 15 is 0 Å². The van der Waals surface area contributed by atoms with Crippen LogP contribution in [-0.2, 0) is 9.59 Å². The molecule has 3 rings (SSSR count). The van der Waals surface area contributed by atoms with Crippen molar-refractivity contribution < 1.29 is 32.3 Å². The molecule has 0 radical (unpaired) electrons. The predicted molar refractivity (Wildman–Crippen MR) is 107 cm³/mol. The monoisotopic (exact) mass is 443 g/mol. The van der Waals surface area contributed by atoms with Crippen molar-refractivity contribution in [2.24, 2.45) is 11.8 Å². The third-order valence-corrected chi connectivity index (χ3v) is 6.75. The van der Waals surface area contributed by atoms with Crippen molar-refractivity contribution in [2.75, 3.05) is 13.1 Å². The molecule has 3 atom stereocenters. The highest BCUT2D eigenvalue weighted by molar-refractivity contribution is 5.91. The number of ketones is 1. The predicted octanol–water partition coefficient (Wildman–Crippen LogP) is 4.17. The molecule has 1 saturated carbocycles. The summed E-state index contributed by atoms with van der Waals surface area (Å²) < 4.78 is 51.5. The molecule has 0 spiro atoms. The van der Waals surface area contributed by atoms with Gasteiger partial charge in [-0.1, -0.05) is 17.7 Å². The highest BCUT2D eigenvalue weighted by atomic mass is 19.3. The molecule has 1 aromatic rings. The maximum Gasteiger partial charge on any atom is 0.383 e.